The summed E-state index contributed by atoms with van der Waals surface area (Å²) in [4.78, 5) is 2.41. The lowest BCUT2D eigenvalue weighted by Gasteiger charge is -2.27. The number of rotatable bonds is 6. The fraction of sp³-hybridized carbons (Fsp3) is 0. The van der Waals surface area contributed by atoms with E-state index in [1.165, 1.54) is 76.3 Å². The molecule has 0 atom stereocenters. The van der Waals surface area contributed by atoms with Gasteiger partial charge in [-0.25, -0.2) is 0 Å². The first-order chi connectivity index (χ1) is 29.3. The van der Waals surface area contributed by atoms with Crippen LogP contribution in [0, 0.1) is 0 Å². The van der Waals surface area contributed by atoms with Crippen LogP contribution >= 0.6 is 0 Å². The molecule has 0 aliphatic heterocycles. The summed E-state index contributed by atoms with van der Waals surface area (Å²) in [5, 5.41) is 9.91. The number of benzene rings is 10. The molecule has 0 saturated heterocycles. The van der Waals surface area contributed by atoms with Gasteiger partial charge < -0.3 is 14.0 Å². The first-order valence-corrected chi connectivity index (χ1v) is 20.3. The van der Waals surface area contributed by atoms with Gasteiger partial charge in [-0.1, -0.05) is 140 Å². The summed E-state index contributed by atoms with van der Waals surface area (Å²) in [5.41, 5.74) is 12.8. The second-order valence-electron chi connectivity index (χ2n) is 15.4. The van der Waals surface area contributed by atoms with Crippen molar-refractivity contribution in [1.29, 1.82) is 0 Å². The van der Waals surface area contributed by atoms with Gasteiger partial charge in [0, 0.05) is 50.0 Å². The zero-order chi connectivity index (χ0) is 38.9. The minimum Gasteiger partial charge on any atom is -0.310 e. The highest BCUT2D eigenvalue weighted by atomic mass is 15.1. The lowest BCUT2D eigenvalue weighted by molar-refractivity contribution is 1.17. The third kappa shape index (κ3) is 5.36. The van der Waals surface area contributed by atoms with Gasteiger partial charge in [0.25, 0.3) is 0 Å². The standard InChI is InChI=1S/C56H37N3/c1-3-14-38(15-4-1)39-28-31-43(32-29-39)57(44-18-13-19-45(35-44)59-53-23-10-7-20-47(53)48-21-8-11-24-54(48)59)46-33-30-40-26-27-41-34-52-49-22-9-12-25-55(49)58(42-16-5-2-6-17-42)56(52)37-51(41)50(40)36-46/h1-37H. The number of hydrogen-bond donors (Lipinski definition) is 0. The molecule has 0 aliphatic rings. The first-order valence-electron chi connectivity index (χ1n) is 20.3. The minimum absolute atomic E-state index is 1.09. The second kappa shape index (κ2) is 13.4. The van der Waals surface area contributed by atoms with Crippen molar-refractivity contribution in [3.8, 4) is 22.5 Å². The fourth-order valence-electron chi connectivity index (χ4n) is 9.35. The van der Waals surface area contributed by atoms with Gasteiger partial charge in [-0.15, -0.1) is 0 Å². The SMILES string of the molecule is c1ccc(-c2ccc(N(c3cccc(-n4c5ccccc5c5ccccc54)c3)c3ccc4ccc5cc6c7ccccc7n(-c7ccccc7)c6cc5c4c3)cc2)cc1. The Morgan fingerprint density at radius 2 is 0.746 bits per heavy atom. The van der Waals surface area contributed by atoms with E-state index in [0.717, 1.165) is 28.4 Å². The summed E-state index contributed by atoms with van der Waals surface area (Å²) in [6.07, 6.45) is 0. The number of para-hydroxylation sites is 4. The van der Waals surface area contributed by atoms with E-state index >= 15 is 0 Å². The van der Waals surface area contributed by atoms with Gasteiger partial charge in [-0.2, -0.15) is 0 Å². The van der Waals surface area contributed by atoms with Gasteiger partial charge in [-0.05, 0) is 118 Å². The van der Waals surface area contributed by atoms with Gasteiger partial charge in [0.05, 0.1) is 22.1 Å². The Morgan fingerprint density at radius 3 is 1.44 bits per heavy atom. The van der Waals surface area contributed by atoms with Crippen molar-refractivity contribution in [2.45, 2.75) is 0 Å². The molecule has 12 aromatic rings. The molecule has 0 saturated carbocycles. The summed E-state index contributed by atoms with van der Waals surface area (Å²) in [6, 6.07) is 81.8. The molecule has 59 heavy (non-hydrogen) atoms. The number of fused-ring (bicyclic) bond motifs is 9. The molecule has 0 aliphatic carbocycles. The van der Waals surface area contributed by atoms with Crippen LogP contribution in [-0.4, -0.2) is 9.13 Å². The van der Waals surface area contributed by atoms with Gasteiger partial charge in [0.1, 0.15) is 0 Å². The summed E-state index contributed by atoms with van der Waals surface area (Å²) < 4.78 is 4.81. The van der Waals surface area contributed by atoms with Gasteiger partial charge in [0.15, 0.2) is 0 Å². The first kappa shape index (κ1) is 33.3. The summed E-state index contributed by atoms with van der Waals surface area (Å²) >= 11 is 0. The van der Waals surface area contributed by atoms with Crippen LogP contribution in [0.15, 0.2) is 224 Å². The predicted octanol–water partition coefficient (Wildman–Crippen LogP) is 15.3. The Morgan fingerprint density at radius 1 is 0.254 bits per heavy atom. The number of nitrogens with zero attached hydrogens (tertiary/aromatic N) is 3. The van der Waals surface area contributed by atoms with E-state index in [9.17, 15) is 0 Å². The van der Waals surface area contributed by atoms with Crippen LogP contribution in [0.5, 0.6) is 0 Å². The summed E-state index contributed by atoms with van der Waals surface area (Å²) in [5.74, 6) is 0. The third-order valence-electron chi connectivity index (χ3n) is 12.0. The molecule has 0 N–H and O–H groups in total. The van der Waals surface area contributed by atoms with E-state index < -0.39 is 0 Å². The molecule has 0 amide bonds. The fourth-order valence-corrected chi connectivity index (χ4v) is 9.35. The second-order valence-corrected chi connectivity index (χ2v) is 15.4. The van der Waals surface area contributed by atoms with E-state index in [4.69, 9.17) is 0 Å². The molecule has 2 heterocycles. The minimum atomic E-state index is 1.09. The molecule has 0 unspecified atom stereocenters. The molecule has 0 fully saturated rings. The van der Waals surface area contributed by atoms with Crippen molar-refractivity contribution < 1.29 is 0 Å². The zero-order valence-electron chi connectivity index (χ0n) is 32.2. The lowest BCUT2D eigenvalue weighted by atomic mass is 9.98. The van der Waals surface area contributed by atoms with E-state index in [2.05, 4.69) is 238 Å². The van der Waals surface area contributed by atoms with Crippen LogP contribution in [0.3, 0.4) is 0 Å². The van der Waals surface area contributed by atoms with E-state index in [-0.39, 0.29) is 0 Å². The maximum Gasteiger partial charge on any atom is 0.0547 e. The van der Waals surface area contributed by atoms with Crippen molar-refractivity contribution in [3.63, 3.8) is 0 Å². The highest BCUT2D eigenvalue weighted by Crippen LogP contribution is 2.42. The van der Waals surface area contributed by atoms with Crippen LogP contribution in [0.4, 0.5) is 17.1 Å². The number of aromatic nitrogens is 2. The normalized spacial score (nSPS) is 11.7. The van der Waals surface area contributed by atoms with Crippen molar-refractivity contribution in [2.24, 2.45) is 0 Å². The average Bonchev–Trinajstić information content (AvgIpc) is 3.82. The lowest BCUT2D eigenvalue weighted by Crippen LogP contribution is -2.10. The Bertz CT molecular complexity index is 3490. The average molecular weight is 752 g/mol. The molecule has 12 rings (SSSR count). The molecular weight excluding hydrogens is 715 g/mol. The molecule has 10 aromatic carbocycles. The van der Waals surface area contributed by atoms with E-state index in [1.807, 2.05) is 0 Å². The van der Waals surface area contributed by atoms with E-state index in [0.29, 0.717) is 0 Å². The molecule has 3 heteroatoms. The summed E-state index contributed by atoms with van der Waals surface area (Å²) in [7, 11) is 0. The van der Waals surface area contributed by atoms with Gasteiger partial charge in [-0.3, -0.25) is 0 Å². The van der Waals surface area contributed by atoms with Crippen molar-refractivity contribution >= 4 is 82.2 Å². The topological polar surface area (TPSA) is 13.1 Å². The van der Waals surface area contributed by atoms with Crippen LogP contribution in [0.1, 0.15) is 0 Å². The predicted molar refractivity (Wildman–Crippen MR) is 250 cm³/mol. The Balaban J connectivity index is 1.08. The molecule has 0 bridgehead atoms. The van der Waals surface area contributed by atoms with Crippen molar-refractivity contribution in [3.05, 3.63) is 224 Å². The highest BCUT2D eigenvalue weighted by Gasteiger charge is 2.19. The molecule has 276 valence electrons. The Hall–Kier alpha value is -7.88. The van der Waals surface area contributed by atoms with Crippen LogP contribution in [-0.2, 0) is 0 Å². The van der Waals surface area contributed by atoms with Crippen LogP contribution in [0.2, 0.25) is 0 Å². The molecule has 0 radical (unpaired) electrons. The Kier molecular flexibility index (Phi) is 7.54. The zero-order valence-corrected chi connectivity index (χ0v) is 32.2. The molecular formula is C56H37N3. The molecule has 3 nitrogen and oxygen atoms in total. The van der Waals surface area contributed by atoms with Crippen LogP contribution < -0.4 is 4.90 Å². The number of hydrogen-bond acceptors (Lipinski definition) is 1. The van der Waals surface area contributed by atoms with E-state index in [1.54, 1.807) is 0 Å². The monoisotopic (exact) mass is 751 g/mol. The smallest absolute Gasteiger partial charge is 0.0547 e. The molecule has 0 spiro atoms. The van der Waals surface area contributed by atoms with Gasteiger partial charge >= 0.3 is 0 Å². The van der Waals surface area contributed by atoms with Gasteiger partial charge in [0.2, 0.25) is 0 Å². The molecule has 2 aromatic heterocycles. The van der Waals surface area contributed by atoms with Crippen molar-refractivity contribution in [1.82, 2.24) is 9.13 Å². The van der Waals surface area contributed by atoms with Crippen LogP contribution in [0.25, 0.3) is 87.7 Å². The highest BCUT2D eigenvalue weighted by molar-refractivity contribution is 6.18. The largest absolute Gasteiger partial charge is 0.310 e. The van der Waals surface area contributed by atoms with Crippen molar-refractivity contribution in [2.75, 3.05) is 4.90 Å². The Labute approximate surface area is 341 Å². The third-order valence-corrected chi connectivity index (χ3v) is 12.0. The quantitative estimate of drug-likeness (QED) is 0.154. The maximum atomic E-state index is 2.41. The number of anilines is 3. The maximum absolute atomic E-state index is 2.41. The summed E-state index contributed by atoms with van der Waals surface area (Å²) in [6.45, 7) is 0.